The summed E-state index contributed by atoms with van der Waals surface area (Å²) in [4.78, 5) is 25.7. The number of nitrogens with one attached hydrogen (secondary N) is 1. The Hall–Kier alpha value is -1.84. The molecule has 1 aliphatic heterocycles. The molecule has 1 aromatic rings. The normalized spacial score (nSPS) is 18.9. The third kappa shape index (κ3) is 4.59. The maximum absolute atomic E-state index is 12.1. The van der Waals surface area contributed by atoms with E-state index in [1.54, 1.807) is 4.90 Å². The molecule has 0 radical (unpaired) electrons. The first-order valence-electron chi connectivity index (χ1n) is 7.47. The summed E-state index contributed by atoms with van der Waals surface area (Å²) in [6, 6.07) is 9.69. The molecule has 4 nitrogen and oxygen atoms in total. The van der Waals surface area contributed by atoms with Crippen molar-refractivity contribution >= 4 is 17.5 Å². The van der Waals surface area contributed by atoms with E-state index in [2.05, 4.69) is 5.32 Å². The molecule has 0 saturated carbocycles. The van der Waals surface area contributed by atoms with Crippen LogP contribution in [0.1, 0.15) is 33.6 Å². The van der Waals surface area contributed by atoms with Crippen LogP contribution in [-0.4, -0.2) is 24.9 Å². The number of amides is 2. The Labute approximate surface area is 126 Å². The second-order valence-corrected chi connectivity index (χ2v) is 6.95. The fraction of sp³-hybridized carbons (Fsp3) is 0.529. The molecule has 1 heterocycles. The van der Waals surface area contributed by atoms with E-state index in [1.165, 1.54) is 0 Å². The molecule has 0 aromatic heterocycles. The maximum atomic E-state index is 12.1. The molecule has 1 unspecified atom stereocenters. The quantitative estimate of drug-likeness (QED) is 0.926. The summed E-state index contributed by atoms with van der Waals surface area (Å²) in [7, 11) is 0. The minimum atomic E-state index is -0.00828. The van der Waals surface area contributed by atoms with Crippen molar-refractivity contribution < 1.29 is 9.59 Å². The SMILES string of the molecule is CC(C)(C)CC(=O)NCC1CC(=O)N(c2ccccc2)C1. The average molecular weight is 288 g/mol. The van der Waals surface area contributed by atoms with Gasteiger partial charge in [0.05, 0.1) is 0 Å². The number of benzene rings is 1. The molecule has 1 N–H and O–H groups in total. The molecule has 1 atom stereocenters. The number of hydrogen-bond donors (Lipinski definition) is 1. The fourth-order valence-electron chi connectivity index (χ4n) is 2.58. The van der Waals surface area contributed by atoms with Crippen molar-refractivity contribution in [1.29, 1.82) is 0 Å². The van der Waals surface area contributed by atoms with Gasteiger partial charge in [0.25, 0.3) is 0 Å². The maximum Gasteiger partial charge on any atom is 0.227 e. The van der Waals surface area contributed by atoms with E-state index >= 15 is 0 Å². The lowest BCUT2D eigenvalue weighted by Crippen LogP contribution is -2.33. The first-order chi connectivity index (χ1) is 9.85. The average Bonchev–Trinajstić information content (AvgIpc) is 2.77. The van der Waals surface area contributed by atoms with Gasteiger partial charge in [-0.2, -0.15) is 0 Å². The lowest BCUT2D eigenvalue weighted by atomic mass is 9.92. The van der Waals surface area contributed by atoms with Gasteiger partial charge < -0.3 is 10.2 Å². The summed E-state index contributed by atoms with van der Waals surface area (Å²) in [6.07, 6.45) is 1.01. The Kier molecular flexibility index (Phi) is 4.66. The number of hydrogen-bond acceptors (Lipinski definition) is 2. The smallest absolute Gasteiger partial charge is 0.227 e. The molecule has 1 saturated heterocycles. The van der Waals surface area contributed by atoms with E-state index in [0.29, 0.717) is 25.9 Å². The Bertz CT molecular complexity index is 505. The van der Waals surface area contributed by atoms with Gasteiger partial charge in [0, 0.05) is 37.5 Å². The van der Waals surface area contributed by atoms with Gasteiger partial charge in [0.2, 0.25) is 11.8 Å². The Balaban J connectivity index is 1.85. The van der Waals surface area contributed by atoms with Gasteiger partial charge in [-0.15, -0.1) is 0 Å². The third-order valence-electron chi connectivity index (χ3n) is 3.55. The van der Waals surface area contributed by atoms with E-state index in [0.717, 1.165) is 5.69 Å². The topological polar surface area (TPSA) is 49.4 Å². The minimum absolute atomic E-state index is 0.00828. The Morgan fingerprint density at radius 1 is 1.29 bits per heavy atom. The second-order valence-electron chi connectivity index (χ2n) is 6.95. The molecule has 114 valence electrons. The summed E-state index contributed by atoms with van der Waals surface area (Å²) in [5, 5.41) is 2.96. The Morgan fingerprint density at radius 3 is 2.57 bits per heavy atom. The fourth-order valence-corrected chi connectivity index (χ4v) is 2.58. The summed E-state index contributed by atoms with van der Waals surface area (Å²) >= 11 is 0. The van der Waals surface area contributed by atoms with E-state index in [-0.39, 0.29) is 23.1 Å². The molecular weight excluding hydrogens is 264 g/mol. The molecule has 0 aliphatic carbocycles. The second kappa shape index (κ2) is 6.29. The predicted molar refractivity (Wildman–Crippen MR) is 84.0 cm³/mol. The van der Waals surface area contributed by atoms with Crippen molar-refractivity contribution in [3.8, 4) is 0 Å². The summed E-state index contributed by atoms with van der Waals surface area (Å²) in [6.45, 7) is 7.39. The Morgan fingerprint density at radius 2 is 1.95 bits per heavy atom. The highest BCUT2D eigenvalue weighted by Crippen LogP contribution is 2.24. The van der Waals surface area contributed by atoms with Gasteiger partial charge in [-0.1, -0.05) is 39.0 Å². The van der Waals surface area contributed by atoms with Gasteiger partial charge >= 0.3 is 0 Å². The van der Waals surface area contributed by atoms with Gasteiger partial charge in [-0.3, -0.25) is 9.59 Å². The monoisotopic (exact) mass is 288 g/mol. The van der Waals surface area contributed by atoms with Crippen LogP contribution < -0.4 is 10.2 Å². The van der Waals surface area contributed by atoms with Crippen LogP contribution in [0, 0.1) is 11.3 Å². The van der Waals surface area contributed by atoms with Crippen LogP contribution in [-0.2, 0) is 9.59 Å². The van der Waals surface area contributed by atoms with E-state index < -0.39 is 0 Å². The lowest BCUT2D eigenvalue weighted by Gasteiger charge is -2.19. The molecule has 1 fully saturated rings. The zero-order valence-corrected chi connectivity index (χ0v) is 13.1. The summed E-state index contributed by atoms with van der Waals surface area (Å²) in [5.41, 5.74) is 0.928. The van der Waals surface area contributed by atoms with Gasteiger partial charge in [-0.05, 0) is 17.5 Å². The van der Waals surface area contributed by atoms with Crippen molar-refractivity contribution in [3.05, 3.63) is 30.3 Å². The molecule has 2 rings (SSSR count). The minimum Gasteiger partial charge on any atom is -0.356 e. The number of rotatable bonds is 4. The van der Waals surface area contributed by atoms with Gasteiger partial charge in [-0.25, -0.2) is 0 Å². The largest absolute Gasteiger partial charge is 0.356 e. The van der Waals surface area contributed by atoms with Crippen LogP contribution in [0.3, 0.4) is 0 Å². The molecule has 1 aromatic carbocycles. The summed E-state index contributed by atoms with van der Waals surface area (Å²) in [5.74, 6) is 0.394. The van der Waals surface area contributed by atoms with Crippen molar-refractivity contribution in [1.82, 2.24) is 5.32 Å². The number of carbonyl (C=O) groups is 2. The van der Waals surface area contributed by atoms with Crippen LogP contribution >= 0.6 is 0 Å². The van der Waals surface area contributed by atoms with E-state index in [1.807, 2.05) is 51.1 Å². The molecule has 1 aliphatic rings. The molecule has 0 bridgehead atoms. The number of para-hydroxylation sites is 1. The van der Waals surface area contributed by atoms with Crippen LogP contribution in [0.4, 0.5) is 5.69 Å². The highest BCUT2D eigenvalue weighted by molar-refractivity contribution is 5.95. The van der Waals surface area contributed by atoms with Crippen molar-refractivity contribution in [2.75, 3.05) is 18.0 Å². The van der Waals surface area contributed by atoms with Crippen molar-refractivity contribution in [3.63, 3.8) is 0 Å². The summed E-state index contributed by atoms with van der Waals surface area (Å²) < 4.78 is 0. The molecular formula is C17H24N2O2. The zero-order valence-electron chi connectivity index (χ0n) is 13.1. The standard InChI is InChI=1S/C17H24N2O2/c1-17(2,3)10-15(20)18-11-13-9-16(21)19(12-13)14-7-5-4-6-8-14/h4-8,13H,9-12H2,1-3H3,(H,18,20). The molecule has 0 spiro atoms. The molecule has 21 heavy (non-hydrogen) atoms. The number of carbonyl (C=O) groups excluding carboxylic acids is 2. The zero-order chi connectivity index (χ0) is 15.5. The highest BCUT2D eigenvalue weighted by Gasteiger charge is 2.30. The predicted octanol–water partition coefficient (Wildman–Crippen LogP) is 2.59. The van der Waals surface area contributed by atoms with Crippen LogP contribution in [0.25, 0.3) is 0 Å². The van der Waals surface area contributed by atoms with E-state index in [4.69, 9.17) is 0 Å². The van der Waals surface area contributed by atoms with Gasteiger partial charge in [0.15, 0.2) is 0 Å². The third-order valence-corrected chi connectivity index (χ3v) is 3.55. The van der Waals surface area contributed by atoms with Crippen molar-refractivity contribution in [2.24, 2.45) is 11.3 Å². The highest BCUT2D eigenvalue weighted by atomic mass is 16.2. The van der Waals surface area contributed by atoms with Crippen LogP contribution in [0.15, 0.2) is 30.3 Å². The molecule has 4 heteroatoms. The molecule has 2 amide bonds. The number of nitrogens with zero attached hydrogens (tertiary/aromatic N) is 1. The first kappa shape index (κ1) is 15.5. The van der Waals surface area contributed by atoms with Gasteiger partial charge in [0.1, 0.15) is 0 Å². The van der Waals surface area contributed by atoms with Crippen LogP contribution in [0.2, 0.25) is 0 Å². The first-order valence-corrected chi connectivity index (χ1v) is 7.47. The van der Waals surface area contributed by atoms with Crippen LogP contribution in [0.5, 0.6) is 0 Å². The lowest BCUT2D eigenvalue weighted by molar-refractivity contribution is -0.123. The number of anilines is 1. The van der Waals surface area contributed by atoms with Crippen molar-refractivity contribution in [2.45, 2.75) is 33.6 Å². The van der Waals surface area contributed by atoms with E-state index in [9.17, 15) is 9.59 Å².